The summed E-state index contributed by atoms with van der Waals surface area (Å²) in [6.07, 6.45) is 4.14. The predicted molar refractivity (Wildman–Crippen MR) is 64.2 cm³/mol. The van der Waals surface area contributed by atoms with Crippen molar-refractivity contribution in [1.29, 1.82) is 0 Å². The fourth-order valence-electron chi connectivity index (χ4n) is 3.16. The highest BCUT2D eigenvalue weighted by molar-refractivity contribution is 5.86. The van der Waals surface area contributed by atoms with Crippen LogP contribution in [0.1, 0.15) is 31.2 Å². The maximum Gasteiger partial charge on any atom is 0.140 e. The van der Waals surface area contributed by atoms with Crippen LogP contribution in [0.3, 0.4) is 0 Å². The Morgan fingerprint density at radius 2 is 1.94 bits per heavy atom. The highest BCUT2D eigenvalue weighted by Gasteiger charge is 2.40. The van der Waals surface area contributed by atoms with E-state index in [-0.39, 0.29) is 5.92 Å². The van der Waals surface area contributed by atoms with Crippen molar-refractivity contribution in [2.24, 2.45) is 11.8 Å². The molecule has 3 atom stereocenters. The Morgan fingerprint density at radius 3 is 2.62 bits per heavy atom. The number of carbonyl (C=O) groups is 1. The van der Waals surface area contributed by atoms with E-state index in [0.717, 1.165) is 12.8 Å². The molecule has 0 amide bonds. The van der Waals surface area contributed by atoms with E-state index in [1.54, 1.807) is 0 Å². The van der Waals surface area contributed by atoms with Gasteiger partial charge in [-0.05, 0) is 30.7 Å². The first-order valence-corrected chi connectivity index (χ1v) is 6.01. The largest absolute Gasteiger partial charge is 0.299 e. The topological polar surface area (TPSA) is 17.1 Å². The molecule has 0 aliphatic heterocycles. The van der Waals surface area contributed by atoms with Crippen LogP contribution < -0.4 is 0 Å². The maximum atomic E-state index is 11.9. The minimum Gasteiger partial charge on any atom is -0.299 e. The molecule has 1 saturated carbocycles. The number of ketones is 1. The van der Waals surface area contributed by atoms with Crippen LogP contribution in [-0.2, 0) is 4.79 Å². The van der Waals surface area contributed by atoms with E-state index in [1.165, 1.54) is 11.1 Å². The van der Waals surface area contributed by atoms with Gasteiger partial charge in [-0.25, -0.2) is 0 Å². The van der Waals surface area contributed by atoms with Gasteiger partial charge in [0.15, 0.2) is 0 Å². The third-order valence-electron chi connectivity index (χ3n) is 4.11. The van der Waals surface area contributed by atoms with Crippen LogP contribution in [0.4, 0.5) is 0 Å². The molecule has 0 heterocycles. The minimum absolute atomic E-state index is 0.146. The number of allylic oxidation sites excluding steroid dienone is 2. The number of fused-ring (bicyclic) bond motifs is 2. The van der Waals surface area contributed by atoms with Gasteiger partial charge in [0.1, 0.15) is 5.78 Å². The lowest BCUT2D eigenvalue weighted by molar-refractivity contribution is -0.125. The van der Waals surface area contributed by atoms with Gasteiger partial charge in [0, 0.05) is 12.3 Å². The molecule has 0 aromatic heterocycles. The molecule has 1 aromatic rings. The Balaban J connectivity index is 1.98. The van der Waals surface area contributed by atoms with Gasteiger partial charge in [0.05, 0.1) is 0 Å². The molecule has 0 N–H and O–H groups in total. The Hall–Kier alpha value is -1.37. The molecule has 1 nitrogen and oxygen atoms in total. The van der Waals surface area contributed by atoms with Gasteiger partial charge in [-0.1, -0.05) is 42.0 Å². The Bertz CT molecular complexity index is 444. The molecule has 3 aliphatic rings. The van der Waals surface area contributed by atoms with Crippen molar-refractivity contribution in [2.45, 2.75) is 25.7 Å². The van der Waals surface area contributed by atoms with E-state index in [9.17, 15) is 4.79 Å². The summed E-state index contributed by atoms with van der Waals surface area (Å²) in [7, 11) is 0. The van der Waals surface area contributed by atoms with Gasteiger partial charge < -0.3 is 0 Å². The number of hydrogen-bond donors (Lipinski definition) is 0. The summed E-state index contributed by atoms with van der Waals surface area (Å²) in [6.45, 7) is 2.17. The molecule has 1 fully saturated rings. The van der Waals surface area contributed by atoms with Crippen molar-refractivity contribution < 1.29 is 4.79 Å². The maximum absolute atomic E-state index is 11.9. The van der Waals surface area contributed by atoms with E-state index in [2.05, 4.69) is 37.3 Å². The molecule has 2 bridgehead atoms. The molecular weight excluding hydrogens is 196 g/mol. The first kappa shape index (κ1) is 9.83. The van der Waals surface area contributed by atoms with Crippen LogP contribution in [0, 0.1) is 11.8 Å². The number of Topliss-reactive ketones (excluding diaryl/α,β-unsaturated/α-hetero) is 1. The van der Waals surface area contributed by atoms with E-state index < -0.39 is 0 Å². The summed E-state index contributed by atoms with van der Waals surface area (Å²) in [6, 6.07) is 10.5. The van der Waals surface area contributed by atoms with E-state index in [0.29, 0.717) is 17.6 Å². The highest BCUT2D eigenvalue weighted by Crippen LogP contribution is 2.46. The number of rotatable bonds is 1. The highest BCUT2D eigenvalue weighted by atomic mass is 16.1. The van der Waals surface area contributed by atoms with Gasteiger partial charge >= 0.3 is 0 Å². The fraction of sp³-hybridized carbons (Fsp3) is 0.400. The summed E-state index contributed by atoms with van der Waals surface area (Å²) in [4.78, 5) is 11.9. The quantitative estimate of drug-likeness (QED) is 0.653. The lowest BCUT2D eigenvalue weighted by atomic mass is 9.63. The van der Waals surface area contributed by atoms with E-state index >= 15 is 0 Å². The lowest BCUT2D eigenvalue weighted by Gasteiger charge is -2.39. The Labute approximate surface area is 96.2 Å². The number of carbonyl (C=O) groups excluding carboxylic acids is 1. The summed E-state index contributed by atoms with van der Waals surface area (Å²) >= 11 is 0. The molecule has 4 rings (SSSR count). The average molecular weight is 212 g/mol. The number of hydrogen-bond acceptors (Lipinski definition) is 1. The van der Waals surface area contributed by atoms with Crippen LogP contribution in [0.15, 0.2) is 42.0 Å². The lowest BCUT2D eigenvalue weighted by Crippen LogP contribution is -2.35. The second-order valence-corrected chi connectivity index (χ2v) is 5.06. The Kier molecular flexibility index (Phi) is 2.20. The summed E-state index contributed by atoms with van der Waals surface area (Å²) in [5, 5.41) is 0. The first-order valence-electron chi connectivity index (χ1n) is 6.01. The smallest absolute Gasteiger partial charge is 0.140 e. The molecule has 82 valence electrons. The molecular formula is C15H16O. The predicted octanol–water partition coefficient (Wildman–Crippen LogP) is 3.33. The standard InChI is InChI=1S/C15H16O/c1-10-7-14-13(8-12(10)9-15(14)16)11-5-3-2-4-6-11/h2-7,12-14H,8-9H2,1H3/t12-,13+,14+/m1/s1. The molecule has 0 spiro atoms. The van der Waals surface area contributed by atoms with Crippen LogP contribution in [0.5, 0.6) is 0 Å². The molecule has 16 heavy (non-hydrogen) atoms. The SMILES string of the molecule is CC1=C[C@@H]2C(=O)C[C@H]1C[C@H]2c1ccccc1. The van der Waals surface area contributed by atoms with Gasteiger partial charge in [0.2, 0.25) is 0 Å². The summed E-state index contributed by atoms with van der Waals surface area (Å²) < 4.78 is 0. The third-order valence-corrected chi connectivity index (χ3v) is 4.11. The van der Waals surface area contributed by atoms with Gasteiger partial charge in [-0.15, -0.1) is 0 Å². The van der Waals surface area contributed by atoms with Gasteiger partial charge in [-0.2, -0.15) is 0 Å². The van der Waals surface area contributed by atoms with Crippen LogP contribution in [0.2, 0.25) is 0 Å². The second kappa shape index (κ2) is 3.58. The molecule has 1 heteroatoms. The van der Waals surface area contributed by atoms with Crippen molar-refractivity contribution >= 4 is 5.78 Å². The molecule has 0 unspecified atom stereocenters. The van der Waals surface area contributed by atoms with Crippen LogP contribution in [0.25, 0.3) is 0 Å². The zero-order valence-electron chi connectivity index (χ0n) is 9.52. The van der Waals surface area contributed by atoms with Crippen molar-refractivity contribution in [3.05, 3.63) is 47.5 Å². The Morgan fingerprint density at radius 1 is 1.19 bits per heavy atom. The average Bonchev–Trinajstić information content (AvgIpc) is 2.31. The summed E-state index contributed by atoms with van der Waals surface area (Å²) in [5.74, 6) is 1.52. The van der Waals surface area contributed by atoms with Crippen molar-refractivity contribution in [1.82, 2.24) is 0 Å². The molecule has 3 aliphatic carbocycles. The molecule has 0 radical (unpaired) electrons. The normalized spacial score (nSPS) is 32.7. The zero-order valence-corrected chi connectivity index (χ0v) is 9.52. The summed E-state index contributed by atoms with van der Waals surface area (Å²) in [5.41, 5.74) is 2.76. The molecule has 0 saturated heterocycles. The van der Waals surface area contributed by atoms with E-state index in [4.69, 9.17) is 0 Å². The fourth-order valence-corrected chi connectivity index (χ4v) is 3.16. The van der Waals surface area contributed by atoms with Crippen molar-refractivity contribution in [2.75, 3.05) is 0 Å². The second-order valence-electron chi connectivity index (χ2n) is 5.06. The van der Waals surface area contributed by atoms with Gasteiger partial charge in [-0.3, -0.25) is 4.79 Å². The molecule has 1 aromatic carbocycles. The number of benzene rings is 1. The third kappa shape index (κ3) is 1.42. The zero-order chi connectivity index (χ0) is 11.1. The van der Waals surface area contributed by atoms with Crippen LogP contribution in [-0.4, -0.2) is 5.78 Å². The van der Waals surface area contributed by atoms with Crippen LogP contribution >= 0.6 is 0 Å². The minimum atomic E-state index is 0.146. The van der Waals surface area contributed by atoms with E-state index in [1.807, 2.05) is 6.07 Å². The van der Waals surface area contributed by atoms with Crippen molar-refractivity contribution in [3.8, 4) is 0 Å². The first-order chi connectivity index (χ1) is 7.75. The van der Waals surface area contributed by atoms with Crippen molar-refractivity contribution in [3.63, 3.8) is 0 Å². The monoisotopic (exact) mass is 212 g/mol. The van der Waals surface area contributed by atoms with Gasteiger partial charge in [0.25, 0.3) is 0 Å².